The molecule has 1 saturated heterocycles. The Labute approximate surface area is 219 Å². The second-order valence-corrected chi connectivity index (χ2v) is 11.1. The van der Waals surface area contributed by atoms with E-state index in [0.29, 0.717) is 18.4 Å². The quantitative estimate of drug-likeness (QED) is 0.355. The van der Waals surface area contributed by atoms with Crippen LogP contribution in [0.15, 0.2) is 30.7 Å². The van der Waals surface area contributed by atoms with Crippen molar-refractivity contribution in [3.63, 3.8) is 0 Å². The number of piperidine rings is 1. The maximum absolute atomic E-state index is 12.7. The number of carbonyl (C=O) groups is 1. The summed E-state index contributed by atoms with van der Waals surface area (Å²) in [6.07, 6.45) is 6.83. The zero-order valence-electron chi connectivity index (χ0n) is 23.1. The number of nitrogens with one attached hydrogen (secondary N) is 1. The van der Waals surface area contributed by atoms with Crippen LogP contribution in [0.3, 0.4) is 0 Å². The molecule has 1 N–H and O–H groups in total. The van der Waals surface area contributed by atoms with Crippen LogP contribution >= 0.6 is 0 Å². The molecule has 5 rings (SSSR count). The number of H-pyrrole nitrogens is 1. The van der Waals surface area contributed by atoms with Crippen LogP contribution in [-0.2, 0) is 4.79 Å². The second kappa shape index (κ2) is 10.3. The van der Waals surface area contributed by atoms with E-state index in [1.807, 2.05) is 11.6 Å². The molecule has 7 nitrogen and oxygen atoms in total. The van der Waals surface area contributed by atoms with Gasteiger partial charge in [-0.15, -0.1) is 0 Å². The lowest BCUT2D eigenvalue weighted by atomic mass is 9.87. The molecule has 7 heteroatoms. The first-order chi connectivity index (χ1) is 17.8. The Bertz CT molecular complexity index is 1420. The first kappa shape index (κ1) is 25.5. The fourth-order valence-electron chi connectivity index (χ4n) is 6.00. The lowest BCUT2D eigenvalue weighted by Crippen LogP contribution is -2.43. The Morgan fingerprint density at radius 2 is 1.95 bits per heavy atom. The van der Waals surface area contributed by atoms with E-state index in [-0.39, 0.29) is 5.91 Å². The molecule has 0 saturated carbocycles. The number of aryl methyl sites for hydroxylation is 1. The standard InChI is InChI=1S/C30H40N6O/c1-7-12-34(6)17-27(37)35-13-10-22(11-14-35)23-8-9-26-24(15-23)28(19(2)3)29(33-26)25-16-36-30(31-18-32-36)21(5)20(25)4/h8-9,15-16,18-19,22,33H,7,10-14,17H2,1-6H3. The lowest BCUT2D eigenvalue weighted by Gasteiger charge is -2.33. The van der Waals surface area contributed by atoms with Gasteiger partial charge < -0.3 is 9.88 Å². The van der Waals surface area contributed by atoms with Crippen molar-refractivity contribution in [1.82, 2.24) is 29.4 Å². The van der Waals surface area contributed by atoms with Gasteiger partial charge in [-0.3, -0.25) is 9.69 Å². The van der Waals surface area contributed by atoms with E-state index in [2.05, 4.69) is 83.9 Å². The normalized spacial score (nSPS) is 15.1. The maximum atomic E-state index is 12.7. The minimum absolute atomic E-state index is 0.261. The van der Waals surface area contributed by atoms with Crippen molar-refractivity contribution in [2.24, 2.45) is 0 Å². The van der Waals surface area contributed by atoms with Gasteiger partial charge in [-0.05, 0) is 92.9 Å². The van der Waals surface area contributed by atoms with Gasteiger partial charge in [-0.2, -0.15) is 5.10 Å². The average molecular weight is 501 g/mol. The van der Waals surface area contributed by atoms with Gasteiger partial charge in [0.2, 0.25) is 5.91 Å². The van der Waals surface area contributed by atoms with E-state index in [1.54, 1.807) is 6.33 Å². The topological polar surface area (TPSA) is 69.5 Å². The van der Waals surface area contributed by atoms with Crippen molar-refractivity contribution >= 4 is 22.5 Å². The van der Waals surface area contributed by atoms with Crippen LogP contribution in [0.1, 0.15) is 74.1 Å². The lowest BCUT2D eigenvalue weighted by molar-refractivity contribution is -0.133. The molecule has 0 atom stereocenters. The number of hydrogen-bond donors (Lipinski definition) is 1. The number of likely N-dealkylation sites (N-methyl/N-ethyl adjacent to an activating group) is 1. The summed E-state index contributed by atoms with van der Waals surface area (Å²) in [5, 5.41) is 5.72. The van der Waals surface area contributed by atoms with E-state index in [4.69, 9.17) is 0 Å². The molecule has 0 bridgehead atoms. The zero-order valence-corrected chi connectivity index (χ0v) is 23.1. The molecular weight excluding hydrogens is 460 g/mol. The molecule has 3 aromatic heterocycles. The predicted octanol–water partition coefficient (Wildman–Crippen LogP) is 5.67. The third kappa shape index (κ3) is 4.77. The van der Waals surface area contributed by atoms with Crippen LogP contribution in [0.2, 0.25) is 0 Å². The van der Waals surface area contributed by atoms with Crippen LogP contribution in [0.4, 0.5) is 0 Å². The Morgan fingerprint density at radius 1 is 1.19 bits per heavy atom. The molecule has 37 heavy (non-hydrogen) atoms. The van der Waals surface area contributed by atoms with Crippen LogP contribution in [-0.4, -0.2) is 68.5 Å². The zero-order chi connectivity index (χ0) is 26.3. The highest BCUT2D eigenvalue weighted by Crippen LogP contribution is 2.39. The first-order valence-electron chi connectivity index (χ1n) is 13.7. The summed E-state index contributed by atoms with van der Waals surface area (Å²) >= 11 is 0. The molecule has 1 fully saturated rings. The van der Waals surface area contributed by atoms with Gasteiger partial charge in [0.05, 0.1) is 12.2 Å². The van der Waals surface area contributed by atoms with E-state index in [9.17, 15) is 4.79 Å². The van der Waals surface area contributed by atoms with Gasteiger partial charge in [0.25, 0.3) is 0 Å². The number of amides is 1. The summed E-state index contributed by atoms with van der Waals surface area (Å²) in [5.41, 5.74) is 9.56. The number of nitrogens with zero attached hydrogens (tertiary/aromatic N) is 5. The summed E-state index contributed by atoms with van der Waals surface area (Å²) < 4.78 is 1.88. The number of pyridine rings is 1. The number of rotatable bonds is 7. The summed E-state index contributed by atoms with van der Waals surface area (Å²) in [5.74, 6) is 1.11. The van der Waals surface area contributed by atoms with Crippen LogP contribution in [0.5, 0.6) is 0 Å². The van der Waals surface area contributed by atoms with Crippen molar-refractivity contribution < 1.29 is 4.79 Å². The second-order valence-electron chi connectivity index (χ2n) is 11.1. The number of benzene rings is 1. The van der Waals surface area contributed by atoms with Gasteiger partial charge in [-0.25, -0.2) is 9.50 Å². The molecule has 196 valence electrons. The SMILES string of the molecule is CCCN(C)CC(=O)N1CCC(c2ccc3[nH]c(-c4cn5ncnc5c(C)c4C)c(C(C)C)c3c2)CC1. The summed E-state index contributed by atoms with van der Waals surface area (Å²) in [6, 6.07) is 6.92. The Hall–Kier alpha value is -3.19. The number of carbonyl (C=O) groups excluding carboxylic acids is 1. The van der Waals surface area contributed by atoms with E-state index < -0.39 is 0 Å². The van der Waals surface area contributed by atoms with Gasteiger partial charge in [0.1, 0.15) is 6.33 Å². The molecular formula is C30H40N6O. The highest BCUT2D eigenvalue weighted by atomic mass is 16.2. The van der Waals surface area contributed by atoms with Crippen LogP contribution in [0, 0.1) is 13.8 Å². The van der Waals surface area contributed by atoms with Crippen molar-refractivity contribution in [3.8, 4) is 11.3 Å². The molecule has 1 aromatic carbocycles. The Balaban J connectivity index is 1.43. The fourth-order valence-corrected chi connectivity index (χ4v) is 6.00. The van der Waals surface area contributed by atoms with Crippen molar-refractivity contribution in [3.05, 3.63) is 53.0 Å². The molecule has 1 aliphatic heterocycles. The fraction of sp³-hybridized carbons (Fsp3) is 0.500. The molecule has 0 unspecified atom stereocenters. The summed E-state index contributed by atoms with van der Waals surface area (Å²) in [6.45, 7) is 14.2. The van der Waals surface area contributed by atoms with Crippen molar-refractivity contribution in [2.45, 2.75) is 65.7 Å². The molecule has 0 radical (unpaired) electrons. The van der Waals surface area contributed by atoms with E-state index in [0.717, 1.165) is 50.1 Å². The highest BCUT2D eigenvalue weighted by Gasteiger charge is 2.26. The smallest absolute Gasteiger partial charge is 0.236 e. The van der Waals surface area contributed by atoms with Crippen molar-refractivity contribution in [2.75, 3.05) is 33.2 Å². The number of likely N-dealkylation sites (tertiary alicyclic amines) is 1. The largest absolute Gasteiger partial charge is 0.354 e. The monoisotopic (exact) mass is 500 g/mol. The molecule has 0 spiro atoms. The van der Waals surface area contributed by atoms with E-state index >= 15 is 0 Å². The van der Waals surface area contributed by atoms with Gasteiger partial charge in [0.15, 0.2) is 5.65 Å². The van der Waals surface area contributed by atoms with Crippen molar-refractivity contribution in [1.29, 1.82) is 0 Å². The molecule has 0 aliphatic carbocycles. The summed E-state index contributed by atoms with van der Waals surface area (Å²) in [7, 11) is 2.04. The van der Waals surface area contributed by atoms with Crippen LogP contribution in [0.25, 0.3) is 27.8 Å². The molecule has 1 aliphatic rings. The predicted molar refractivity (Wildman–Crippen MR) is 150 cm³/mol. The average Bonchev–Trinajstić information content (AvgIpc) is 3.50. The minimum atomic E-state index is 0.261. The maximum Gasteiger partial charge on any atom is 0.236 e. The van der Waals surface area contributed by atoms with Gasteiger partial charge in [0, 0.05) is 35.8 Å². The number of aromatic amines is 1. The Kier molecular flexibility index (Phi) is 7.08. The number of aromatic nitrogens is 4. The number of fused-ring (bicyclic) bond motifs is 2. The third-order valence-corrected chi connectivity index (χ3v) is 8.17. The Morgan fingerprint density at radius 3 is 2.65 bits per heavy atom. The highest BCUT2D eigenvalue weighted by molar-refractivity contribution is 5.92. The van der Waals surface area contributed by atoms with Gasteiger partial charge in [-0.1, -0.05) is 26.8 Å². The summed E-state index contributed by atoms with van der Waals surface area (Å²) in [4.78, 5) is 25.1. The first-order valence-corrected chi connectivity index (χ1v) is 13.7. The molecule has 1 amide bonds. The van der Waals surface area contributed by atoms with E-state index in [1.165, 1.54) is 38.9 Å². The van der Waals surface area contributed by atoms with Gasteiger partial charge >= 0.3 is 0 Å². The third-order valence-electron chi connectivity index (χ3n) is 8.17. The minimum Gasteiger partial charge on any atom is -0.354 e. The van der Waals surface area contributed by atoms with Crippen LogP contribution < -0.4 is 0 Å². The molecule has 4 heterocycles. The molecule has 4 aromatic rings. The number of hydrogen-bond acceptors (Lipinski definition) is 4.